The van der Waals surface area contributed by atoms with Crippen LogP contribution in [-0.4, -0.2) is 30.7 Å². The normalized spacial score (nSPS) is 26.3. The lowest BCUT2D eigenvalue weighted by Crippen LogP contribution is -2.47. The Morgan fingerprint density at radius 1 is 1.21 bits per heavy atom. The maximum absolute atomic E-state index is 13.2. The van der Waals surface area contributed by atoms with E-state index in [1.807, 2.05) is 0 Å². The number of benzene rings is 1. The largest absolute Gasteiger partial charge is 0.378 e. The molecule has 0 saturated carbocycles. The van der Waals surface area contributed by atoms with Gasteiger partial charge in [-0.2, -0.15) is 0 Å². The lowest BCUT2D eigenvalue weighted by molar-refractivity contribution is -0.122. The molecule has 0 aromatic heterocycles. The van der Waals surface area contributed by atoms with Gasteiger partial charge in [-0.1, -0.05) is 0 Å². The fourth-order valence-electron chi connectivity index (χ4n) is 2.36. The van der Waals surface area contributed by atoms with Crippen molar-refractivity contribution in [3.05, 3.63) is 29.8 Å². The van der Waals surface area contributed by atoms with Gasteiger partial charge in [-0.15, -0.1) is 0 Å². The van der Waals surface area contributed by atoms with Crippen LogP contribution in [0.4, 0.5) is 19.3 Å². The summed E-state index contributed by atoms with van der Waals surface area (Å²) in [7, 11) is 0. The number of anilines is 1. The van der Waals surface area contributed by atoms with E-state index in [-0.39, 0.29) is 12.3 Å². The van der Waals surface area contributed by atoms with E-state index in [9.17, 15) is 18.4 Å². The molecular weight excluding hydrogens is 258 g/mol. The van der Waals surface area contributed by atoms with Crippen molar-refractivity contribution in [2.24, 2.45) is 0 Å². The molecule has 2 fully saturated rings. The smallest absolute Gasteiger partial charge is 0.329 e. The van der Waals surface area contributed by atoms with Crippen molar-refractivity contribution in [2.75, 3.05) is 18.1 Å². The van der Waals surface area contributed by atoms with E-state index in [1.165, 1.54) is 0 Å². The highest BCUT2D eigenvalue weighted by molar-refractivity contribution is 6.23. The lowest BCUT2D eigenvalue weighted by Gasteiger charge is -2.18. The first kappa shape index (κ1) is 12.0. The molecule has 7 heteroatoms. The van der Waals surface area contributed by atoms with Crippen LogP contribution in [0.2, 0.25) is 0 Å². The molecule has 1 unspecified atom stereocenters. The van der Waals surface area contributed by atoms with Crippen molar-refractivity contribution < 1.29 is 23.1 Å². The second-order valence-corrected chi connectivity index (χ2v) is 4.58. The summed E-state index contributed by atoms with van der Waals surface area (Å²) in [6, 6.07) is 1.86. The van der Waals surface area contributed by atoms with Crippen LogP contribution in [0.3, 0.4) is 0 Å². The number of imide groups is 1. The SMILES string of the molecule is O=C1NC2(CCOC2)C(=O)N1c1cc(F)cc(F)c1. The summed E-state index contributed by atoms with van der Waals surface area (Å²) in [5, 5.41) is 2.53. The third-order valence-electron chi connectivity index (χ3n) is 3.29. The maximum Gasteiger partial charge on any atom is 0.329 e. The number of nitrogens with one attached hydrogen (secondary N) is 1. The first-order valence-electron chi connectivity index (χ1n) is 5.72. The number of nitrogens with zero attached hydrogens (tertiary/aromatic N) is 1. The van der Waals surface area contributed by atoms with E-state index in [0.29, 0.717) is 19.1 Å². The zero-order valence-corrected chi connectivity index (χ0v) is 9.78. The fraction of sp³-hybridized carbons (Fsp3) is 0.333. The predicted molar refractivity (Wildman–Crippen MR) is 60.5 cm³/mol. The van der Waals surface area contributed by atoms with Gasteiger partial charge in [0.15, 0.2) is 0 Å². The number of ether oxygens (including phenoxy) is 1. The molecule has 3 rings (SSSR count). The van der Waals surface area contributed by atoms with Gasteiger partial charge in [-0.3, -0.25) is 4.79 Å². The van der Waals surface area contributed by atoms with E-state index in [0.717, 1.165) is 17.0 Å². The number of carbonyl (C=O) groups is 2. The monoisotopic (exact) mass is 268 g/mol. The summed E-state index contributed by atoms with van der Waals surface area (Å²) in [6.45, 7) is 0.434. The van der Waals surface area contributed by atoms with E-state index < -0.39 is 29.1 Å². The van der Waals surface area contributed by atoms with Gasteiger partial charge in [0.25, 0.3) is 5.91 Å². The Morgan fingerprint density at radius 2 is 1.89 bits per heavy atom. The molecule has 1 aromatic rings. The minimum Gasteiger partial charge on any atom is -0.378 e. The summed E-state index contributed by atoms with van der Waals surface area (Å²) < 4.78 is 31.5. The van der Waals surface area contributed by atoms with Crippen LogP contribution in [0.15, 0.2) is 18.2 Å². The summed E-state index contributed by atoms with van der Waals surface area (Å²) in [5.41, 5.74) is -1.22. The Morgan fingerprint density at radius 3 is 2.47 bits per heavy atom. The molecule has 0 aliphatic carbocycles. The molecule has 0 bridgehead atoms. The summed E-state index contributed by atoms with van der Waals surface area (Å²) in [4.78, 5) is 24.9. The van der Waals surface area contributed by atoms with Gasteiger partial charge < -0.3 is 10.1 Å². The molecule has 0 radical (unpaired) electrons. The summed E-state index contributed by atoms with van der Waals surface area (Å²) in [6.07, 6.45) is 0.353. The molecule has 1 atom stereocenters. The number of rotatable bonds is 1. The van der Waals surface area contributed by atoms with Crippen molar-refractivity contribution in [1.29, 1.82) is 0 Å². The van der Waals surface area contributed by atoms with E-state index in [1.54, 1.807) is 0 Å². The average molecular weight is 268 g/mol. The minimum atomic E-state index is -1.10. The van der Waals surface area contributed by atoms with E-state index in [4.69, 9.17) is 4.74 Å². The predicted octanol–water partition coefficient (Wildman–Crippen LogP) is 1.18. The van der Waals surface area contributed by atoms with Crippen LogP contribution < -0.4 is 10.2 Å². The number of urea groups is 1. The van der Waals surface area contributed by atoms with Gasteiger partial charge in [0.2, 0.25) is 0 Å². The maximum atomic E-state index is 13.2. The molecule has 1 N–H and O–H groups in total. The van der Waals surface area contributed by atoms with Crippen molar-refractivity contribution in [2.45, 2.75) is 12.0 Å². The first-order valence-corrected chi connectivity index (χ1v) is 5.72. The topological polar surface area (TPSA) is 58.6 Å². The second kappa shape index (κ2) is 3.99. The fourth-order valence-corrected chi connectivity index (χ4v) is 2.36. The third-order valence-corrected chi connectivity index (χ3v) is 3.29. The van der Waals surface area contributed by atoms with E-state index >= 15 is 0 Å². The Balaban J connectivity index is 2.01. The number of hydrogen-bond donors (Lipinski definition) is 1. The Kier molecular flexibility index (Phi) is 2.53. The van der Waals surface area contributed by atoms with Gasteiger partial charge >= 0.3 is 6.03 Å². The van der Waals surface area contributed by atoms with Crippen LogP contribution in [-0.2, 0) is 9.53 Å². The zero-order chi connectivity index (χ0) is 13.6. The standard InChI is InChI=1S/C12H10F2N2O3/c13-7-3-8(14)5-9(4-7)16-10(17)12(15-11(16)18)1-2-19-6-12/h3-5H,1-2,6H2,(H,15,18). The lowest BCUT2D eigenvalue weighted by atomic mass is 9.99. The highest BCUT2D eigenvalue weighted by Gasteiger charge is 2.54. The Hall–Kier alpha value is -2.02. The van der Waals surface area contributed by atoms with Gasteiger partial charge in [-0.05, 0) is 12.1 Å². The minimum absolute atomic E-state index is 0.0753. The Bertz CT molecular complexity index is 550. The second-order valence-electron chi connectivity index (χ2n) is 4.58. The summed E-state index contributed by atoms with van der Waals surface area (Å²) in [5.74, 6) is -2.24. The molecule has 2 aliphatic rings. The van der Waals surface area contributed by atoms with Crippen molar-refractivity contribution in [1.82, 2.24) is 5.32 Å². The van der Waals surface area contributed by atoms with Crippen molar-refractivity contribution in [3.8, 4) is 0 Å². The quantitative estimate of drug-likeness (QED) is 0.778. The van der Waals surface area contributed by atoms with Crippen LogP contribution in [0.25, 0.3) is 0 Å². The number of carbonyl (C=O) groups excluding carboxylic acids is 2. The molecule has 2 heterocycles. The molecule has 19 heavy (non-hydrogen) atoms. The number of hydrogen-bond acceptors (Lipinski definition) is 3. The van der Waals surface area contributed by atoms with Crippen LogP contribution in [0, 0.1) is 11.6 Å². The number of amides is 3. The third kappa shape index (κ3) is 1.77. The summed E-state index contributed by atoms with van der Waals surface area (Å²) >= 11 is 0. The van der Waals surface area contributed by atoms with Gasteiger partial charge in [0.05, 0.1) is 12.3 Å². The van der Waals surface area contributed by atoms with E-state index in [2.05, 4.69) is 5.32 Å². The van der Waals surface area contributed by atoms with Gasteiger partial charge in [0.1, 0.15) is 17.2 Å². The molecule has 100 valence electrons. The number of halogens is 2. The van der Waals surface area contributed by atoms with Crippen LogP contribution in [0.1, 0.15) is 6.42 Å². The highest BCUT2D eigenvalue weighted by Crippen LogP contribution is 2.31. The molecule has 3 amide bonds. The molecule has 2 aliphatic heterocycles. The zero-order valence-electron chi connectivity index (χ0n) is 9.78. The van der Waals surface area contributed by atoms with Crippen molar-refractivity contribution >= 4 is 17.6 Å². The van der Waals surface area contributed by atoms with Crippen LogP contribution in [0.5, 0.6) is 0 Å². The molecule has 1 aromatic carbocycles. The van der Waals surface area contributed by atoms with Gasteiger partial charge in [0, 0.05) is 19.1 Å². The van der Waals surface area contributed by atoms with Crippen LogP contribution >= 0.6 is 0 Å². The molecular formula is C12H10F2N2O3. The molecule has 2 saturated heterocycles. The van der Waals surface area contributed by atoms with Gasteiger partial charge in [-0.25, -0.2) is 18.5 Å². The molecule has 1 spiro atoms. The first-order chi connectivity index (χ1) is 9.02. The van der Waals surface area contributed by atoms with Crippen molar-refractivity contribution in [3.63, 3.8) is 0 Å². The molecule has 5 nitrogen and oxygen atoms in total. The Labute approximate surface area is 107 Å². The average Bonchev–Trinajstić information content (AvgIpc) is 2.85. The highest BCUT2D eigenvalue weighted by atomic mass is 19.1.